The van der Waals surface area contributed by atoms with Gasteiger partial charge in [-0.25, -0.2) is 9.59 Å². The predicted octanol–water partition coefficient (Wildman–Crippen LogP) is 1.76. The highest BCUT2D eigenvalue weighted by Gasteiger charge is 2.22. The Bertz CT molecular complexity index is 696. The standard InChI is InChI=1S/C13H14N2O8/c1-5(15-21)3-8(16)7-4-9(22-12(17)18)11(23-13(19)20)10(14)6(7)2/h3-4,15,21H,14H2,1-2H3,(H,17,18)(H,19,20)/b5-3+. The molecule has 10 heteroatoms. The molecule has 0 bridgehead atoms. The lowest BCUT2D eigenvalue weighted by Crippen LogP contribution is -2.13. The van der Waals surface area contributed by atoms with Crippen molar-refractivity contribution in [2.75, 3.05) is 5.73 Å². The molecule has 10 nitrogen and oxygen atoms in total. The van der Waals surface area contributed by atoms with E-state index in [-0.39, 0.29) is 22.5 Å². The minimum Gasteiger partial charge on any atom is -0.449 e. The van der Waals surface area contributed by atoms with Gasteiger partial charge in [-0.05, 0) is 25.5 Å². The lowest BCUT2D eigenvalue weighted by atomic mass is 10.0. The molecular formula is C13H14N2O8. The van der Waals surface area contributed by atoms with Crippen LogP contribution in [0.2, 0.25) is 0 Å². The molecule has 0 amide bonds. The fraction of sp³-hybridized carbons (Fsp3) is 0.154. The smallest absolute Gasteiger partial charge is 0.449 e. The lowest BCUT2D eigenvalue weighted by molar-refractivity contribution is 0.104. The van der Waals surface area contributed by atoms with Gasteiger partial charge < -0.3 is 25.4 Å². The summed E-state index contributed by atoms with van der Waals surface area (Å²) in [5, 5.41) is 26.1. The van der Waals surface area contributed by atoms with Crippen LogP contribution in [0.3, 0.4) is 0 Å². The first-order valence-electron chi connectivity index (χ1n) is 6.04. The third-order valence-electron chi connectivity index (χ3n) is 2.73. The maximum Gasteiger partial charge on any atom is 0.511 e. The molecule has 23 heavy (non-hydrogen) atoms. The second kappa shape index (κ2) is 7.13. The van der Waals surface area contributed by atoms with E-state index in [1.165, 1.54) is 13.8 Å². The number of carbonyl (C=O) groups excluding carboxylic acids is 1. The van der Waals surface area contributed by atoms with Gasteiger partial charge in [0.2, 0.25) is 0 Å². The molecule has 0 heterocycles. The zero-order valence-corrected chi connectivity index (χ0v) is 12.1. The fourth-order valence-electron chi connectivity index (χ4n) is 1.68. The van der Waals surface area contributed by atoms with Crippen LogP contribution in [0.5, 0.6) is 11.5 Å². The molecule has 0 aliphatic heterocycles. The van der Waals surface area contributed by atoms with Crippen LogP contribution in [-0.2, 0) is 0 Å². The van der Waals surface area contributed by atoms with E-state index < -0.39 is 29.6 Å². The third-order valence-corrected chi connectivity index (χ3v) is 2.73. The number of anilines is 1. The molecule has 0 aliphatic rings. The molecule has 0 saturated carbocycles. The van der Waals surface area contributed by atoms with E-state index in [0.29, 0.717) is 0 Å². The molecule has 0 saturated heterocycles. The molecule has 0 aromatic heterocycles. The third kappa shape index (κ3) is 4.35. The summed E-state index contributed by atoms with van der Waals surface area (Å²) >= 11 is 0. The number of ether oxygens (including phenoxy) is 2. The minimum atomic E-state index is -1.74. The Labute approximate surface area is 129 Å². The highest BCUT2D eigenvalue weighted by Crippen LogP contribution is 2.38. The number of nitrogens with two attached hydrogens (primary N) is 1. The molecule has 1 aromatic rings. The molecular weight excluding hydrogens is 312 g/mol. The number of benzene rings is 1. The van der Waals surface area contributed by atoms with Gasteiger partial charge >= 0.3 is 12.3 Å². The molecule has 0 radical (unpaired) electrons. The van der Waals surface area contributed by atoms with E-state index in [0.717, 1.165) is 12.1 Å². The van der Waals surface area contributed by atoms with Crippen LogP contribution < -0.4 is 20.7 Å². The number of ketones is 1. The Morgan fingerprint density at radius 3 is 2.26 bits per heavy atom. The van der Waals surface area contributed by atoms with Crippen molar-refractivity contribution in [1.82, 2.24) is 5.48 Å². The predicted molar refractivity (Wildman–Crippen MR) is 75.9 cm³/mol. The Hall–Kier alpha value is -3.27. The monoisotopic (exact) mass is 326 g/mol. The first kappa shape index (κ1) is 17.8. The molecule has 0 spiro atoms. The SMILES string of the molecule is C/C(=C\C(=O)c1cc(OC(=O)O)c(OC(=O)O)c(N)c1C)NO. The number of hydroxylamine groups is 1. The van der Waals surface area contributed by atoms with Gasteiger partial charge in [-0.1, -0.05) is 0 Å². The van der Waals surface area contributed by atoms with E-state index in [2.05, 4.69) is 9.47 Å². The number of nitrogens with one attached hydrogen (secondary N) is 1. The van der Waals surface area contributed by atoms with Gasteiger partial charge in [0.15, 0.2) is 17.3 Å². The topological polar surface area (TPSA) is 168 Å². The van der Waals surface area contributed by atoms with Gasteiger partial charge in [0.05, 0.1) is 5.69 Å². The van der Waals surface area contributed by atoms with Crippen molar-refractivity contribution in [3.05, 3.63) is 29.0 Å². The number of nitrogen functional groups attached to an aromatic ring is 1. The van der Waals surface area contributed by atoms with Crippen molar-refractivity contribution >= 4 is 23.8 Å². The van der Waals surface area contributed by atoms with Crippen LogP contribution in [-0.4, -0.2) is 33.5 Å². The first-order valence-corrected chi connectivity index (χ1v) is 6.04. The van der Waals surface area contributed by atoms with E-state index in [1.54, 1.807) is 5.48 Å². The molecule has 0 fully saturated rings. The lowest BCUT2D eigenvalue weighted by Gasteiger charge is -2.14. The summed E-state index contributed by atoms with van der Waals surface area (Å²) in [5.74, 6) is -1.70. The number of allylic oxidation sites excluding steroid dienone is 2. The highest BCUT2D eigenvalue weighted by molar-refractivity contribution is 6.07. The van der Waals surface area contributed by atoms with Crippen LogP contribution in [0.1, 0.15) is 22.8 Å². The largest absolute Gasteiger partial charge is 0.511 e. The van der Waals surface area contributed by atoms with Crippen molar-refractivity contribution < 1.29 is 39.3 Å². The molecule has 0 unspecified atom stereocenters. The van der Waals surface area contributed by atoms with Crippen LogP contribution >= 0.6 is 0 Å². The van der Waals surface area contributed by atoms with E-state index in [9.17, 15) is 14.4 Å². The van der Waals surface area contributed by atoms with Crippen molar-refractivity contribution in [2.45, 2.75) is 13.8 Å². The summed E-state index contributed by atoms with van der Waals surface area (Å²) in [6.07, 6.45) is -2.44. The Balaban J connectivity index is 3.50. The van der Waals surface area contributed by atoms with Crippen LogP contribution in [0.15, 0.2) is 17.8 Å². The summed E-state index contributed by atoms with van der Waals surface area (Å²) in [6.45, 7) is 2.82. The van der Waals surface area contributed by atoms with Crippen LogP contribution in [0, 0.1) is 6.92 Å². The summed E-state index contributed by atoms with van der Waals surface area (Å²) in [7, 11) is 0. The van der Waals surface area contributed by atoms with Crippen molar-refractivity contribution in [3.8, 4) is 11.5 Å². The Morgan fingerprint density at radius 1 is 1.22 bits per heavy atom. The fourth-order valence-corrected chi connectivity index (χ4v) is 1.68. The average Bonchev–Trinajstić information content (AvgIpc) is 2.45. The second-order valence-corrected chi connectivity index (χ2v) is 4.33. The van der Waals surface area contributed by atoms with E-state index >= 15 is 0 Å². The van der Waals surface area contributed by atoms with E-state index in [1.807, 2.05) is 0 Å². The van der Waals surface area contributed by atoms with Gasteiger partial charge in [-0.3, -0.25) is 15.5 Å². The second-order valence-electron chi connectivity index (χ2n) is 4.33. The number of hydrogen-bond acceptors (Lipinski definition) is 8. The summed E-state index contributed by atoms with van der Waals surface area (Å²) in [5.41, 5.74) is 7.44. The maximum absolute atomic E-state index is 12.1. The van der Waals surface area contributed by atoms with Crippen molar-refractivity contribution in [3.63, 3.8) is 0 Å². The van der Waals surface area contributed by atoms with Crippen LogP contribution in [0.4, 0.5) is 15.3 Å². The summed E-state index contributed by atoms with van der Waals surface area (Å²) < 4.78 is 8.83. The van der Waals surface area contributed by atoms with Crippen LogP contribution in [0.25, 0.3) is 0 Å². The first-order chi connectivity index (χ1) is 10.7. The molecule has 0 aliphatic carbocycles. The number of rotatable bonds is 5. The number of hydrogen-bond donors (Lipinski definition) is 5. The van der Waals surface area contributed by atoms with Gasteiger partial charge in [0, 0.05) is 17.3 Å². The number of carbonyl (C=O) groups is 3. The molecule has 124 valence electrons. The summed E-state index contributed by atoms with van der Waals surface area (Å²) in [4.78, 5) is 33.5. The van der Waals surface area contributed by atoms with Gasteiger partial charge in [-0.15, -0.1) is 0 Å². The molecule has 0 atom stereocenters. The van der Waals surface area contributed by atoms with Gasteiger partial charge in [0.1, 0.15) is 0 Å². The summed E-state index contributed by atoms with van der Waals surface area (Å²) in [6, 6.07) is 0.988. The molecule has 6 N–H and O–H groups in total. The minimum absolute atomic E-state index is 0.0499. The Morgan fingerprint density at radius 2 is 1.78 bits per heavy atom. The van der Waals surface area contributed by atoms with Gasteiger partial charge in [-0.2, -0.15) is 0 Å². The van der Waals surface area contributed by atoms with E-state index in [4.69, 9.17) is 21.2 Å². The number of carboxylic acid groups (broad SMARTS) is 2. The maximum atomic E-state index is 12.1. The zero-order chi connectivity index (χ0) is 17.7. The quantitative estimate of drug-likeness (QED) is 0.134. The molecule has 1 aromatic carbocycles. The normalized spacial score (nSPS) is 10.8. The van der Waals surface area contributed by atoms with Crippen molar-refractivity contribution in [2.24, 2.45) is 0 Å². The highest BCUT2D eigenvalue weighted by atomic mass is 16.7. The van der Waals surface area contributed by atoms with Crippen molar-refractivity contribution in [1.29, 1.82) is 0 Å². The zero-order valence-electron chi connectivity index (χ0n) is 12.1. The average molecular weight is 326 g/mol. The Kier molecular flexibility index (Phi) is 5.51. The van der Waals surface area contributed by atoms with Gasteiger partial charge in [0.25, 0.3) is 0 Å². The molecule has 1 rings (SSSR count).